The molecule has 7 nitrogen and oxygen atoms in total. The van der Waals surface area contributed by atoms with E-state index in [4.69, 9.17) is 30.1 Å². The van der Waals surface area contributed by atoms with E-state index in [1.165, 1.54) is 0 Å². The lowest BCUT2D eigenvalue weighted by Gasteiger charge is -2.12. The molecule has 0 radical (unpaired) electrons. The Morgan fingerprint density at radius 1 is 0.327 bits per heavy atom. The Bertz CT molecular complexity index is 2520. The van der Waals surface area contributed by atoms with Gasteiger partial charge in [0.1, 0.15) is 5.82 Å². The molecule has 0 saturated carbocycles. The van der Waals surface area contributed by atoms with Crippen LogP contribution in [0.2, 0.25) is 0 Å². The van der Waals surface area contributed by atoms with E-state index in [0.29, 0.717) is 23.3 Å². The van der Waals surface area contributed by atoms with Crippen molar-refractivity contribution in [3.8, 4) is 68.1 Å². The zero-order valence-electron chi connectivity index (χ0n) is 26.2. The summed E-state index contributed by atoms with van der Waals surface area (Å²) in [6.45, 7) is 0. The van der Waals surface area contributed by atoms with Crippen LogP contribution in [0, 0.1) is 0 Å². The van der Waals surface area contributed by atoms with E-state index in [2.05, 4.69) is 52.9 Å². The number of nitrogens with zero attached hydrogens (tertiary/aromatic N) is 7. The van der Waals surface area contributed by atoms with Crippen molar-refractivity contribution in [3.05, 3.63) is 164 Å². The first-order chi connectivity index (χ1) is 24.3. The third-order valence-corrected chi connectivity index (χ3v) is 8.57. The number of aromatic nitrogens is 7. The van der Waals surface area contributed by atoms with Crippen LogP contribution in [0.5, 0.6) is 0 Å². The van der Waals surface area contributed by atoms with Crippen LogP contribution in [0.3, 0.4) is 0 Å². The van der Waals surface area contributed by atoms with Gasteiger partial charge in [0.2, 0.25) is 0 Å². The third-order valence-electron chi connectivity index (χ3n) is 8.57. The van der Waals surface area contributed by atoms with E-state index in [0.717, 1.165) is 61.3 Å². The second kappa shape index (κ2) is 12.1. The van der Waals surface area contributed by atoms with Crippen molar-refractivity contribution in [3.63, 3.8) is 0 Å². The summed E-state index contributed by atoms with van der Waals surface area (Å²) in [4.78, 5) is 19.8. The number of rotatable bonds is 6. The summed E-state index contributed by atoms with van der Waals surface area (Å²) in [6, 6.07) is 55.0. The minimum atomic E-state index is 0.594. The third kappa shape index (κ3) is 5.29. The molecule has 230 valence electrons. The topological polar surface area (TPSA) is 81.8 Å². The molecule has 0 N–H and O–H groups in total. The normalized spacial score (nSPS) is 11.3. The molecule has 0 unspecified atom stereocenters. The number of benzene rings is 6. The first kappa shape index (κ1) is 28.4. The standard InChI is InChI=1S/C42H27N7/c1-4-13-28(14-5-1)33-19-12-20-34(27-33)40-43-36-22-11-10-21-35(36)42-48-47-41(49(40)42)32-25-23-31(24-26-32)39-45-37(29-15-6-2-7-16-29)44-38(46-39)30-17-8-3-9-18-30/h1-27H. The second-order valence-electron chi connectivity index (χ2n) is 11.7. The summed E-state index contributed by atoms with van der Waals surface area (Å²) in [5.74, 6) is 3.31. The molecule has 3 aromatic heterocycles. The first-order valence-corrected chi connectivity index (χ1v) is 16.1. The van der Waals surface area contributed by atoms with Crippen molar-refractivity contribution in [2.45, 2.75) is 0 Å². The maximum Gasteiger partial charge on any atom is 0.172 e. The highest BCUT2D eigenvalue weighted by molar-refractivity contribution is 5.94. The van der Waals surface area contributed by atoms with Crippen LogP contribution in [0.25, 0.3) is 84.6 Å². The van der Waals surface area contributed by atoms with Crippen LogP contribution in [0.4, 0.5) is 0 Å². The van der Waals surface area contributed by atoms with Crippen LogP contribution in [-0.4, -0.2) is 34.5 Å². The van der Waals surface area contributed by atoms with Crippen molar-refractivity contribution in [1.29, 1.82) is 0 Å². The van der Waals surface area contributed by atoms with Gasteiger partial charge in [0, 0.05) is 33.2 Å². The molecule has 0 aliphatic heterocycles. The molecule has 49 heavy (non-hydrogen) atoms. The molecule has 0 fully saturated rings. The summed E-state index contributed by atoms with van der Waals surface area (Å²) >= 11 is 0. The van der Waals surface area contributed by atoms with Gasteiger partial charge in [0.25, 0.3) is 0 Å². The zero-order chi connectivity index (χ0) is 32.6. The number of hydrogen-bond acceptors (Lipinski definition) is 6. The van der Waals surface area contributed by atoms with E-state index in [9.17, 15) is 0 Å². The van der Waals surface area contributed by atoms with Gasteiger partial charge in [-0.3, -0.25) is 4.40 Å². The fourth-order valence-corrected chi connectivity index (χ4v) is 6.14. The fourth-order valence-electron chi connectivity index (χ4n) is 6.14. The minimum Gasteiger partial charge on any atom is -0.258 e. The molecule has 9 rings (SSSR count). The first-order valence-electron chi connectivity index (χ1n) is 16.1. The number of para-hydroxylation sites is 1. The predicted octanol–water partition coefficient (Wildman–Crippen LogP) is 9.46. The SMILES string of the molecule is c1ccc(-c2cccc(-c3nc4ccccc4c4nnc(-c5ccc(-c6nc(-c7ccccc7)nc(-c7ccccc7)n6)cc5)n34)c2)cc1. The smallest absolute Gasteiger partial charge is 0.172 e. The quantitative estimate of drug-likeness (QED) is 0.182. The molecule has 9 aromatic rings. The maximum atomic E-state index is 5.16. The van der Waals surface area contributed by atoms with Gasteiger partial charge in [-0.2, -0.15) is 0 Å². The Hall–Kier alpha value is -6.86. The molecule has 0 aliphatic carbocycles. The van der Waals surface area contributed by atoms with E-state index in [1.54, 1.807) is 0 Å². The summed E-state index contributed by atoms with van der Waals surface area (Å²) in [5.41, 5.74) is 8.47. The molecular formula is C42H27N7. The molecule has 0 bridgehead atoms. The van der Waals surface area contributed by atoms with Crippen molar-refractivity contribution >= 4 is 16.6 Å². The Labute approximate surface area is 282 Å². The van der Waals surface area contributed by atoms with E-state index < -0.39 is 0 Å². The monoisotopic (exact) mass is 629 g/mol. The summed E-state index contributed by atoms with van der Waals surface area (Å²) in [5, 5.41) is 10.4. The summed E-state index contributed by atoms with van der Waals surface area (Å²) in [7, 11) is 0. The Kier molecular flexibility index (Phi) is 6.98. The predicted molar refractivity (Wildman–Crippen MR) is 194 cm³/mol. The average Bonchev–Trinajstić information content (AvgIpc) is 3.64. The zero-order valence-corrected chi connectivity index (χ0v) is 26.2. The van der Waals surface area contributed by atoms with Crippen LogP contribution in [0.1, 0.15) is 0 Å². The number of hydrogen-bond donors (Lipinski definition) is 0. The molecule has 0 aliphatic rings. The molecule has 0 saturated heterocycles. The lowest BCUT2D eigenvalue weighted by molar-refractivity contribution is 1.07. The Morgan fingerprint density at radius 2 is 0.816 bits per heavy atom. The highest BCUT2D eigenvalue weighted by atomic mass is 15.3. The molecular weight excluding hydrogens is 603 g/mol. The summed E-state index contributed by atoms with van der Waals surface area (Å²) < 4.78 is 2.06. The fraction of sp³-hybridized carbons (Fsp3) is 0. The molecule has 3 heterocycles. The van der Waals surface area contributed by atoms with E-state index in [-0.39, 0.29) is 0 Å². The highest BCUT2D eigenvalue weighted by Crippen LogP contribution is 2.33. The van der Waals surface area contributed by atoms with E-state index in [1.807, 2.05) is 115 Å². The van der Waals surface area contributed by atoms with Gasteiger partial charge in [-0.1, -0.05) is 146 Å². The van der Waals surface area contributed by atoms with Crippen molar-refractivity contribution in [2.75, 3.05) is 0 Å². The Morgan fingerprint density at radius 3 is 1.45 bits per heavy atom. The largest absolute Gasteiger partial charge is 0.258 e. The molecule has 0 spiro atoms. The average molecular weight is 630 g/mol. The van der Waals surface area contributed by atoms with Gasteiger partial charge in [0.15, 0.2) is 28.9 Å². The summed E-state index contributed by atoms with van der Waals surface area (Å²) in [6.07, 6.45) is 0. The maximum absolute atomic E-state index is 5.16. The van der Waals surface area contributed by atoms with Crippen LogP contribution in [0.15, 0.2) is 164 Å². The van der Waals surface area contributed by atoms with Gasteiger partial charge in [-0.25, -0.2) is 19.9 Å². The van der Waals surface area contributed by atoms with Gasteiger partial charge in [-0.05, 0) is 29.3 Å². The van der Waals surface area contributed by atoms with E-state index >= 15 is 0 Å². The van der Waals surface area contributed by atoms with Gasteiger partial charge >= 0.3 is 0 Å². The van der Waals surface area contributed by atoms with Gasteiger partial charge in [-0.15, -0.1) is 10.2 Å². The van der Waals surface area contributed by atoms with Gasteiger partial charge in [0.05, 0.1) is 5.52 Å². The van der Waals surface area contributed by atoms with Crippen molar-refractivity contribution < 1.29 is 0 Å². The van der Waals surface area contributed by atoms with Crippen molar-refractivity contribution in [1.82, 2.24) is 34.5 Å². The molecule has 0 amide bonds. The Balaban J connectivity index is 1.17. The lowest BCUT2D eigenvalue weighted by Crippen LogP contribution is -2.01. The molecule has 7 heteroatoms. The van der Waals surface area contributed by atoms with Gasteiger partial charge < -0.3 is 0 Å². The van der Waals surface area contributed by atoms with Crippen LogP contribution in [-0.2, 0) is 0 Å². The van der Waals surface area contributed by atoms with Crippen LogP contribution >= 0.6 is 0 Å². The van der Waals surface area contributed by atoms with Crippen molar-refractivity contribution in [2.24, 2.45) is 0 Å². The lowest BCUT2D eigenvalue weighted by atomic mass is 10.0. The van der Waals surface area contributed by atoms with Crippen LogP contribution < -0.4 is 0 Å². The highest BCUT2D eigenvalue weighted by Gasteiger charge is 2.19. The second-order valence-corrected chi connectivity index (χ2v) is 11.7. The molecule has 6 aromatic carbocycles. The minimum absolute atomic E-state index is 0.594. The molecule has 0 atom stereocenters. The number of fused-ring (bicyclic) bond motifs is 3.